The molecule has 0 aliphatic rings. The van der Waals surface area contributed by atoms with Crippen molar-refractivity contribution in [3.63, 3.8) is 0 Å². The molecule has 0 spiro atoms. The summed E-state index contributed by atoms with van der Waals surface area (Å²) in [5, 5.41) is 13.3. The third-order valence-corrected chi connectivity index (χ3v) is 6.04. The van der Waals surface area contributed by atoms with Crippen LogP contribution in [0.3, 0.4) is 0 Å². The summed E-state index contributed by atoms with van der Waals surface area (Å²) in [5.41, 5.74) is 2.08. The maximum absolute atomic E-state index is 12.4. The van der Waals surface area contributed by atoms with Crippen molar-refractivity contribution < 1.29 is 9.21 Å². The number of thioether (sulfide) groups is 1. The van der Waals surface area contributed by atoms with Gasteiger partial charge in [-0.15, -0.1) is 10.2 Å². The van der Waals surface area contributed by atoms with Crippen LogP contribution >= 0.6 is 35.0 Å². The lowest BCUT2D eigenvalue weighted by Crippen LogP contribution is -2.27. The van der Waals surface area contributed by atoms with Crippen LogP contribution in [-0.4, -0.2) is 33.0 Å². The number of nitrogens with one attached hydrogen (secondary N) is 1. The number of hydrogen-bond acceptors (Lipinski definition) is 5. The molecule has 1 N–H and O–H groups in total. The summed E-state index contributed by atoms with van der Waals surface area (Å²) in [6, 6.07) is 19.0. The summed E-state index contributed by atoms with van der Waals surface area (Å²) in [7, 11) is 0. The largest absolute Gasteiger partial charge is 0.461 e. The van der Waals surface area contributed by atoms with E-state index in [1.54, 1.807) is 12.3 Å². The van der Waals surface area contributed by atoms with E-state index < -0.39 is 0 Å². The number of furan rings is 1. The van der Waals surface area contributed by atoms with Crippen LogP contribution in [0.5, 0.6) is 0 Å². The second-order valence-corrected chi connectivity index (χ2v) is 8.84. The summed E-state index contributed by atoms with van der Waals surface area (Å²) in [6.07, 6.45) is 2.24. The zero-order chi connectivity index (χ0) is 22.3. The zero-order valence-corrected chi connectivity index (χ0v) is 19.3. The number of carbonyl (C=O) groups is 1. The van der Waals surface area contributed by atoms with Crippen LogP contribution in [0.1, 0.15) is 11.1 Å². The smallest absolute Gasteiger partial charge is 0.230 e. The molecule has 0 unspecified atom stereocenters. The molecule has 0 saturated heterocycles. The molecular weight excluding hydrogens is 467 g/mol. The van der Waals surface area contributed by atoms with Crippen molar-refractivity contribution in [2.45, 2.75) is 18.1 Å². The number of rotatable bonds is 9. The molecule has 164 valence electrons. The monoisotopic (exact) mass is 486 g/mol. The van der Waals surface area contributed by atoms with Crippen LogP contribution < -0.4 is 5.32 Å². The van der Waals surface area contributed by atoms with Gasteiger partial charge in [0.05, 0.1) is 18.6 Å². The predicted molar refractivity (Wildman–Crippen MR) is 127 cm³/mol. The first-order valence-electron chi connectivity index (χ1n) is 9.94. The third kappa shape index (κ3) is 5.94. The highest BCUT2D eigenvalue weighted by atomic mass is 35.5. The molecule has 1 amide bonds. The van der Waals surface area contributed by atoms with Gasteiger partial charge in [0.1, 0.15) is 0 Å². The Bertz CT molecular complexity index is 1160. The van der Waals surface area contributed by atoms with E-state index in [1.165, 1.54) is 11.8 Å². The minimum Gasteiger partial charge on any atom is -0.461 e. The fourth-order valence-electron chi connectivity index (χ4n) is 3.17. The van der Waals surface area contributed by atoms with Gasteiger partial charge in [-0.05, 0) is 47.9 Å². The Morgan fingerprint density at radius 1 is 1.00 bits per heavy atom. The highest BCUT2D eigenvalue weighted by Gasteiger charge is 2.17. The van der Waals surface area contributed by atoms with Gasteiger partial charge in [-0.1, -0.05) is 65.3 Å². The first-order chi connectivity index (χ1) is 15.6. The minimum atomic E-state index is -0.0862. The molecule has 0 bridgehead atoms. The number of nitrogens with zero attached hydrogens (tertiary/aromatic N) is 3. The summed E-state index contributed by atoms with van der Waals surface area (Å²) in [6.45, 7) is 1.06. The van der Waals surface area contributed by atoms with Crippen LogP contribution in [-0.2, 0) is 17.8 Å². The van der Waals surface area contributed by atoms with E-state index in [0.717, 1.165) is 11.1 Å². The Morgan fingerprint density at radius 2 is 1.78 bits per heavy atom. The van der Waals surface area contributed by atoms with Gasteiger partial charge in [0, 0.05) is 16.6 Å². The van der Waals surface area contributed by atoms with Crippen molar-refractivity contribution >= 4 is 40.9 Å². The summed E-state index contributed by atoms with van der Waals surface area (Å²) in [5.74, 6) is 1.39. The molecule has 0 aliphatic heterocycles. The van der Waals surface area contributed by atoms with Gasteiger partial charge in [-0.2, -0.15) is 0 Å². The molecule has 32 heavy (non-hydrogen) atoms. The van der Waals surface area contributed by atoms with E-state index in [0.29, 0.717) is 46.3 Å². The number of benzene rings is 2. The number of hydrogen-bond donors (Lipinski definition) is 1. The number of amides is 1. The van der Waals surface area contributed by atoms with Gasteiger partial charge in [-0.25, -0.2) is 0 Å². The van der Waals surface area contributed by atoms with E-state index in [1.807, 2.05) is 59.2 Å². The topological polar surface area (TPSA) is 73.0 Å². The second kappa shape index (κ2) is 10.7. The Labute approximate surface area is 199 Å². The van der Waals surface area contributed by atoms with Gasteiger partial charge in [-0.3, -0.25) is 9.36 Å². The lowest BCUT2D eigenvalue weighted by molar-refractivity contribution is -0.118. The molecular formula is C23H20Cl2N4O2S. The Morgan fingerprint density at radius 3 is 2.50 bits per heavy atom. The van der Waals surface area contributed by atoms with Crippen molar-refractivity contribution in [2.24, 2.45) is 0 Å². The fraction of sp³-hybridized carbons (Fsp3) is 0.174. The van der Waals surface area contributed by atoms with Crippen LogP contribution in [0.15, 0.2) is 76.5 Å². The van der Waals surface area contributed by atoms with E-state index in [-0.39, 0.29) is 11.7 Å². The highest BCUT2D eigenvalue weighted by Crippen LogP contribution is 2.25. The molecule has 2 aromatic heterocycles. The maximum atomic E-state index is 12.4. The molecule has 0 radical (unpaired) electrons. The molecule has 4 aromatic rings. The standard InChI is InChI=1S/C23H20Cl2N4O2S/c24-18-11-17(12-19(25)13-18)8-9-26-21(30)15-32-23-28-27-22(20-7-4-10-31-20)29(23)14-16-5-2-1-3-6-16/h1-7,10-13H,8-9,14-15H2,(H,26,30). The van der Waals surface area contributed by atoms with Crippen LogP contribution in [0.25, 0.3) is 11.6 Å². The maximum Gasteiger partial charge on any atom is 0.230 e. The lowest BCUT2D eigenvalue weighted by Gasteiger charge is -2.10. The SMILES string of the molecule is O=C(CSc1nnc(-c2ccco2)n1Cc1ccccc1)NCCc1cc(Cl)cc(Cl)c1. The minimum absolute atomic E-state index is 0.0862. The van der Waals surface area contributed by atoms with Crippen molar-refractivity contribution in [3.8, 4) is 11.6 Å². The van der Waals surface area contributed by atoms with Crippen molar-refractivity contribution in [3.05, 3.63) is 88.1 Å². The predicted octanol–water partition coefficient (Wildman–Crippen LogP) is 5.34. The number of carbonyl (C=O) groups excluding carboxylic acids is 1. The van der Waals surface area contributed by atoms with E-state index in [9.17, 15) is 4.79 Å². The Kier molecular flexibility index (Phi) is 7.52. The van der Waals surface area contributed by atoms with Gasteiger partial charge in [0.25, 0.3) is 0 Å². The number of halogens is 2. The number of aromatic nitrogens is 3. The zero-order valence-electron chi connectivity index (χ0n) is 17.0. The molecule has 0 atom stereocenters. The third-order valence-electron chi connectivity index (χ3n) is 4.63. The van der Waals surface area contributed by atoms with Crippen LogP contribution in [0.4, 0.5) is 0 Å². The quantitative estimate of drug-likeness (QED) is 0.323. The average molecular weight is 487 g/mol. The van der Waals surface area contributed by atoms with Crippen molar-refractivity contribution in [2.75, 3.05) is 12.3 Å². The van der Waals surface area contributed by atoms with Crippen LogP contribution in [0, 0.1) is 0 Å². The van der Waals surface area contributed by atoms with Gasteiger partial charge < -0.3 is 9.73 Å². The Balaban J connectivity index is 1.38. The first-order valence-corrected chi connectivity index (χ1v) is 11.7. The molecule has 4 rings (SSSR count). The molecule has 0 fully saturated rings. The summed E-state index contributed by atoms with van der Waals surface area (Å²) >= 11 is 13.4. The van der Waals surface area contributed by atoms with E-state index >= 15 is 0 Å². The van der Waals surface area contributed by atoms with Gasteiger partial charge in [0.2, 0.25) is 11.7 Å². The normalized spacial score (nSPS) is 10.9. The average Bonchev–Trinajstić information content (AvgIpc) is 3.42. The van der Waals surface area contributed by atoms with Crippen molar-refractivity contribution in [1.82, 2.24) is 20.1 Å². The lowest BCUT2D eigenvalue weighted by atomic mass is 10.1. The first kappa shape index (κ1) is 22.5. The summed E-state index contributed by atoms with van der Waals surface area (Å²) in [4.78, 5) is 12.4. The van der Waals surface area contributed by atoms with Crippen molar-refractivity contribution in [1.29, 1.82) is 0 Å². The van der Waals surface area contributed by atoms with Crippen LogP contribution in [0.2, 0.25) is 10.0 Å². The highest BCUT2D eigenvalue weighted by molar-refractivity contribution is 7.99. The van der Waals surface area contributed by atoms with E-state index in [2.05, 4.69) is 15.5 Å². The van der Waals surface area contributed by atoms with Gasteiger partial charge >= 0.3 is 0 Å². The van der Waals surface area contributed by atoms with E-state index in [4.69, 9.17) is 27.6 Å². The summed E-state index contributed by atoms with van der Waals surface area (Å²) < 4.78 is 7.48. The molecule has 2 heterocycles. The molecule has 9 heteroatoms. The Hall–Kier alpha value is -2.74. The second-order valence-electron chi connectivity index (χ2n) is 7.02. The fourth-order valence-corrected chi connectivity index (χ4v) is 4.51. The molecule has 0 saturated carbocycles. The van der Waals surface area contributed by atoms with Gasteiger partial charge in [0.15, 0.2) is 10.9 Å². The molecule has 6 nitrogen and oxygen atoms in total. The molecule has 0 aliphatic carbocycles. The molecule has 2 aromatic carbocycles.